The SMILES string of the molecule is OC1CCN(c2nc(Br)cs2)C1. The van der Waals surface area contributed by atoms with E-state index in [-0.39, 0.29) is 6.10 Å². The summed E-state index contributed by atoms with van der Waals surface area (Å²) in [6.45, 7) is 1.64. The molecule has 1 saturated heterocycles. The second-order valence-corrected chi connectivity index (χ2v) is 4.49. The summed E-state index contributed by atoms with van der Waals surface area (Å²) in [7, 11) is 0. The molecule has 1 fully saturated rings. The van der Waals surface area contributed by atoms with Gasteiger partial charge in [-0.1, -0.05) is 0 Å². The van der Waals surface area contributed by atoms with Crippen molar-refractivity contribution in [2.24, 2.45) is 0 Å². The van der Waals surface area contributed by atoms with Crippen LogP contribution in [0, 0.1) is 0 Å². The molecule has 1 aromatic heterocycles. The standard InChI is InChI=1S/C7H9BrN2OS/c8-6-4-12-7(9-6)10-2-1-5(11)3-10/h4-5,11H,1-3H2. The molecule has 0 amide bonds. The zero-order valence-electron chi connectivity index (χ0n) is 6.40. The molecule has 1 aliphatic heterocycles. The Morgan fingerprint density at radius 3 is 3.08 bits per heavy atom. The maximum absolute atomic E-state index is 9.29. The first-order valence-corrected chi connectivity index (χ1v) is 5.47. The molecule has 1 aromatic rings. The van der Waals surface area contributed by atoms with E-state index >= 15 is 0 Å². The highest BCUT2D eigenvalue weighted by molar-refractivity contribution is 9.10. The second-order valence-electron chi connectivity index (χ2n) is 2.84. The summed E-state index contributed by atoms with van der Waals surface area (Å²) < 4.78 is 0.879. The van der Waals surface area contributed by atoms with Crippen molar-refractivity contribution >= 4 is 32.4 Å². The number of β-amino-alcohol motifs (C(OH)–C–C–N with tert-alkyl or cyclic N) is 1. The lowest BCUT2D eigenvalue weighted by molar-refractivity contribution is 0.198. The van der Waals surface area contributed by atoms with Crippen LogP contribution in [-0.2, 0) is 0 Å². The van der Waals surface area contributed by atoms with Gasteiger partial charge in [-0.15, -0.1) is 11.3 Å². The third-order valence-electron chi connectivity index (χ3n) is 1.90. The molecule has 2 rings (SSSR count). The molecule has 66 valence electrons. The van der Waals surface area contributed by atoms with Crippen LogP contribution < -0.4 is 4.90 Å². The van der Waals surface area contributed by atoms with Crippen LogP contribution in [0.15, 0.2) is 9.98 Å². The lowest BCUT2D eigenvalue weighted by atomic mass is 10.3. The number of aromatic nitrogens is 1. The average molecular weight is 249 g/mol. The molecule has 5 heteroatoms. The van der Waals surface area contributed by atoms with E-state index in [0.29, 0.717) is 0 Å². The summed E-state index contributed by atoms with van der Waals surface area (Å²) in [6.07, 6.45) is 0.685. The summed E-state index contributed by atoms with van der Waals surface area (Å²) in [5, 5.41) is 12.2. The second kappa shape index (κ2) is 3.32. The first-order chi connectivity index (χ1) is 5.75. The van der Waals surface area contributed by atoms with Crippen molar-refractivity contribution in [3.63, 3.8) is 0 Å². The Labute approximate surface area is 83.2 Å². The zero-order chi connectivity index (χ0) is 8.55. The fraction of sp³-hybridized carbons (Fsp3) is 0.571. The minimum Gasteiger partial charge on any atom is -0.391 e. The number of anilines is 1. The van der Waals surface area contributed by atoms with Crippen molar-refractivity contribution in [2.45, 2.75) is 12.5 Å². The predicted octanol–water partition coefficient (Wildman–Crippen LogP) is 1.48. The number of hydrogen-bond acceptors (Lipinski definition) is 4. The largest absolute Gasteiger partial charge is 0.391 e. The van der Waals surface area contributed by atoms with E-state index in [1.54, 1.807) is 11.3 Å². The third kappa shape index (κ3) is 1.62. The summed E-state index contributed by atoms with van der Waals surface area (Å²) in [4.78, 5) is 6.39. The van der Waals surface area contributed by atoms with Crippen LogP contribution in [0.1, 0.15) is 6.42 Å². The Hall–Kier alpha value is -0.130. The fourth-order valence-electron chi connectivity index (χ4n) is 1.31. The van der Waals surface area contributed by atoms with Gasteiger partial charge in [0, 0.05) is 18.5 Å². The molecule has 1 aliphatic rings. The molecule has 1 unspecified atom stereocenters. The fourth-order valence-corrected chi connectivity index (χ4v) is 2.59. The third-order valence-corrected chi connectivity index (χ3v) is 3.51. The monoisotopic (exact) mass is 248 g/mol. The van der Waals surface area contributed by atoms with Crippen molar-refractivity contribution in [2.75, 3.05) is 18.0 Å². The Morgan fingerprint density at radius 1 is 1.75 bits per heavy atom. The quantitative estimate of drug-likeness (QED) is 0.818. The number of hydrogen-bond donors (Lipinski definition) is 1. The van der Waals surface area contributed by atoms with Gasteiger partial charge < -0.3 is 10.0 Å². The molecular weight excluding hydrogens is 240 g/mol. The number of rotatable bonds is 1. The summed E-state index contributed by atoms with van der Waals surface area (Å²) in [6, 6.07) is 0. The minimum absolute atomic E-state index is 0.173. The van der Waals surface area contributed by atoms with Crippen LogP contribution in [0.3, 0.4) is 0 Å². The molecule has 0 saturated carbocycles. The van der Waals surface area contributed by atoms with Crippen molar-refractivity contribution in [1.29, 1.82) is 0 Å². The molecule has 12 heavy (non-hydrogen) atoms. The van der Waals surface area contributed by atoms with E-state index in [1.807, 2.05) is 5.38 Å². The van der Waals surface area contributed by atoms with Crippen molar-refractivity contribution in [1.82, 2.24) is 4.98 Å². The Bertz CT molecular complexity index is 278. The lowest BCUT2D eigenvalue weighted by Gasteiger charge is -2.12. The van der Waals surface area contributed by atoms with Crippen LogP contribution in [0.4, 0.5) is 5.13 Å². The van der Waals surface area contributed by atoms with Crippen LogP contribution in [0.5, 0.6) is 0 Å². The molecule has 0 aromatic carbocycles. The molecule has 0 spiro atoms. The van der Waals surface area contributed by atoms with Gasteiger partial charge in [0.05, 0.1) is 6.10 Å². The highest BCUT2D eigenvalue weighted by Crippen LogP contribution is 2.26. The first-order valence-electron chi connectivity index (χ1n) is 3.80. The van der Waals surface area contributed by atoms with Gasteiger partial charge >= 0.3 is 0 Å². The first kappa shape index (κ1) is 8.47. The topological polar surface area (TPSA) is 36.4 Å². The molecule has 1 N–H and O–H groups in total. The molecule has 0 radical (unpaired) electrons. The molecule has 0 bridgehead atoms. The lowest BCUT2D eigenvalue weighted by Crippen LogP contribution is -2.20. The van der Waals surface area contributed by atoms with Crippen LogP contribution in [0.25, 0.3) is 0 Å². The van der Waals surface area contributed by atoms with E-state index < -0.39 is 0 Å². The van der Waals surface area contributed by atoms with Crippen LogP contribution in [-0.4, -0.2) is 29.3 Å². The number of aliphatic hydroxyl groups excluding tert-OH is 1. The number of nitrogens with zero attached hydrogens (tertiary/aromatic N) is 2. The molecule has 1 atom stereocenters. The van der Waals surface area contributed by atoms with Gasteiger partial charge in [-0.2, -0.15) is 0 Å². The van der Waals surface area contributed by atoms with Gasteiger partial charge in [-0.3, -0.25) is 0 Å². The minimum atomic E-state index is -0.173. The molecule has 0 aliphatic carbocycles. The van der Waals surface area contributed by atoms with Crippen molar-refractivity contribution in [3.05, 3.63) is 9.98 Å². The van der Waals surface area contributed by atoms with E-state index in [0.717, 1.165) is 29.2 Å². The van der Waals surface area contributed by atoms with Crippen LogP contribution >= 0.6 is 27.3 Å². The summed E-state index contributed by atoms with van der Waals surface area (Å²) in [5.74, 6) is 0. The molecule has 3 nitrogen and oxygen atoms in total. The Balaban J connectivity index is 2.11. The highest BCUT2D eigenvalue weighted by Gasteiger charge is 2.22. The maximum Gasteiger partial charge on any atom is 0.186 e. The van der Waals surface area contributed by atoms with Crippen molar-refractivity contribution in [3.8, 4) is 0 Å². The number of thiazole rings is 1. The zero-order valence-corrected chi connectivity index (χ0v) is 8.81. The Kier molecular flexibility index (Phi) is 2.34. The Morgan fingerprint density at radius 2 is 2.58 bits per heavy atom. The van der Waals surface area contributed by atoms with Crippen molar-refractivity contribution < 1.29 is 5.11 Å². The van der Waals surface area contributed by atoms with Gasteiger partial charge in [-0.25, -0.2) is 4.98 Å². The normalized spacial score (nSPS) is 23.5. The molecule has 2 heterocycles. The van der Waals surface area contributed by atoms with E-state index in [2.05, 4.69) is 25.8 Å². The number of halogens is 1. The van der Waals surface area contributed by atoms with Crippen LogP contribution in [0.2, 0.25) is 0 Å². The maximum atomic E-state index is 9.29. The van der Waals surface area contributed by atoms with Gasteiger partial charge in [0.25, 0.3) is 0 Å². The van der Waals surface area contributed by atoms with Gasteiger partial charge in [0.1, 0.15) is 4.60 Å². The predicted molar refractivity (Wildman–Crippen MR) is 52.7 cm³/mol. The summed E-state index contributed by atoms with van der Waals surface area (Å²) >= 11 is 4.91. The van der Waals surface area contributed by atoms with E-state index in [1.165, 1.54) is 0 Å². The number of aliphatic hydroxyl groups is 1. The van der Waals surface area contributed by atoms with Gasteiger partial charge in [0.15, 0.2) is 5.13 Å². The van der Waals surface area contributed by atoms with E-state index in [4.69, 9.17) is 0 Å². The smallest absolute Gasteiger partial charge is 0.186 e. The highest BCUT2D eigenvalue weighted by atomic mass is 79.9. The van der Waals surface area contributed by atoms with Gasteiger partial charge in [0.2, 0.25) is 0 Å². The van der Waals surface area contributed by atoms with Gasteiger partial charge in [-0.05, 0) is 22.4 Å². The molecular formula is C7H9BrN2OS. The summed E-state index contributed by atoms with van der Waals surface area (Å²) in [5.41, 5.74) is 0. The average Bonchev–Trinajstić information content (AvgIpc) is 2.58. The van der Waals surface area contributed by atoms with E-state index in [9.17, 15) is 5.11 Å².